The summed E-state index contributed by atoms with van der Waals surface area (Å²) in [6.07, 6.45) is 49.1. The minimum Gasteiger partial charge on any atom is -0.394 e. The maximum Gasteiger partial charge on any atom is 0.249 e. The summed E-state index contributed by atoms with van der Waals surface area (Å²) in [5.41, 5.74) is 0. The predicted octanol–water partition coefficient (Wildman–Crippen LogP) is 12.0. The van der Waals surface area contributed by atoms with Gasteiger partial charge in [0.2, 0.25) is 5.91 Å². The number of unbranched alkanes of at least 4 members (excludes halogenated alkanes) is 26. The monoisotopic (exact) mass is 690 g/mol. The Morgan fingerprint density at radius 3 is 1.31 bits per heavy atom. The third kappa shape index (κ3) is 34.8. The first kappa shape index (κ1) is 47.6. The summed E-state index contributed by atoms with van der Waals surface area (Å²) >= 11 is 0. The third-order valence-corrected chi connectivity index (χ3v) is 9.70. The highest BCUT2D eigenvalue weighted by Crippen LogP contribution is 2.15. The number of hydrogen-bond donors (Lipinski definition) is 4. The maximum absolute atomic E-state index is 12.4. The quantitative estimate of drug-likeness (QED) is 0.0384. The zero-order valence-electron chi connectivity index (χ0n) is 32.6. The summed E-state index contributed by atoms with van der Waals surface area (Å²) in [6.45, 7) is 4.11. The lowest BCUT2D eigenvalue weighted by Crippen LogP contribution is -2.48. The Morgan fingerprint density at radius 2 is 0.857 bits per heavy atom. The average molecular weight is 690 g/mol. The van der Waals surface area contributed by atoms with Gasteiger partial charge in [0.15, 0.2) is 0 Å². The van der Waals surface area contributed by atoms with Crippen molar-refractivity contribution in [1.82, 2.24) is 5.32 Å². The van der Waals surface area contributed by atoms with Crippen molar-refractivity contribution in [3.05, 3.63) is 36.5 Å². The Hall–Kier alpha value is -1.43. The molecule has 0 bridgehead atoms. The van der Waals surface area contributed by atoms with E-state index < -0.39 is 24.2 Å². The molecule has 0 saturated heterocycles. The van der Waals surface area contributed by atoms with E-state index >= 15 is 0 Å². The number of amides is 1. The molecule has 0 aliphatic rings. The Kier molecular flexibility index (Phi) is 38.2. The number of hydrogen-bond acceptors (Lipinski definition) is 4. The molecular formula is C44H83NO4. The second-order valence-corrected chi connectivity index (χ2v) is 14.5. The van der Waals surface area contributed by atoms with E-state index in [2.05, 4.69) is 43.5 Å². The number of rotatable bonds is 38. The molecule has 0 aromatic heterocycles. The van der Waals surface area contributed by atoms with Crippen LogP contribution in [0.5, 0.6) is 0 Å². The van der Waals surface area contributed by atoms with Crippen LogP contribution in [0.25, 0.3) is 0 Å². The van der Waals surface area contributed by atoms with Gasteiger partial charge in [0.25, 0.3) is 0 Å². The van der Waals surface area contributed by atoms with Gasteiger partial charge in [-0.15, -0.1) is 0 Å². The van der Waals surface area contributed by atoms with Gasteiger partial charge in [-0.25, -0.2) is 0 Å². The second-order valence-electron chi connectivity index (χ2n) is 14.5. The number of allylic oxidation sites excluding steroid dienone is 5. The molecule has 0 aromatic carbocycles. The van der Waals surface area contributed by atoms with Crippen molar-refractivity contribution in [2.75, 3.05) is 6.61 Å². The van der Waals surface area contributed by atoms with Gasteiger partial charge in [-0.1, -0.05) is 198 Å². The summed E-state index contributed by atoms with van der Waals surface area (Å²) in [5, 5.41) is 32.9. The molecule has 4 N–H and O–H groups in total. The van der Waals surface area contributed by atoms with Crippen molar-refractivity contribution < 1.29 is 20.1 Å². The lowest BCUT2D eigenvalue weighted by atomic mass is 10.0. The second kappa shape index (κ2) is 39.4. The molecule has 1 amide bonds. The van der Waals surface area contributed by atoms with E-state index in [1.165, 1.54) is 135 Å². The summed E-state index contributed by atoms with van der Waals surface area (Å²) in [5.74, 6) is -0.525. The first-order valence-corrected chi connectivity index (χ1v) is 21.3. The molecule has 0 fully saturated rings. The summed E-state index contributed by atoms with van der Waals surface area (Å²) in [7, 11) is 0. The largest absolute Gasteiger partial charge is 0.394 e. The molecule has 0 aliphatic heterocycles. The predicted molar refractivity (Wildman–Crippen MR) is 213 cm³/mol. The molecule has 0 rings (SSSR count). The molecule has 0 heterocycles. The SMILES string of the molecule is CCCC/C=C\CCCCCCC(O)C(=O)NC(CO)C(O)/C=C/CC/C=C/CCCCCCCCCCCCCCCCCCCCC. The van der Waals surface area contributed by atoms with Gasteiger partial charge in [0.05, 0.1) is 18.8 Å². The lowest BCUT2D eigenvalue weighted by molar-refractivity contribution is -0.131. The van der Waals surface area contributed by atoms with Crippen LogP contribution in [0.1, 0.15) is 213 Å². The van der Waals surface area contributed by atoms with Crippen LogP contribution in [-0.4, -0.2) is 46.1 Å². The van der Waals surface area contributed by atoms with E-state index in [-0.39, 0.29) is 6.61 Å². The highest BCUT2D eigenvalue weighted by atomic mass is 16.3. The van der Waals surface area contributed by atoms with Crippen molar-refractivity contribution >= 4 is 5.91 Å². The highest BCUT2D eigenvalue weighted by Gasteiger charge is 2.22. The maximum atomic E-state index is 12.4. The topological polar surface area (TPSA) is 89.8 Å². The Labute approximate surface area is 304 Å². The average Bonchev–Trinajstić information content (AvgIpc) is 3.11. The van der Waals surface area contributed by atoms with E-state index in [9.17, 15) is 20.1 Å². The van der Waals surface area contributed by atoms with Gasteiger partial charge in [0, 0.05) is 0 Å². The van der Waals surface area contributed by atoms with E-state index in [1.54, 1.807) is 6.08 Å². The van der Waals surface area contributed by atoms with Crippen molar-refractivity contribution in [1.29, 1.82) is 0 Å². The van der Waals surface area contributed by atoms with Gasteiger partial charge in [-0.2, -0.15) is 0 Å². The normalized spacial score (nSPS) is 14.0. The fraction of sp³-hybridized carbons (Fsp3) is 0.841. The van der Waals surface area contributed by atoms with Crippen molar-refractivity contribution in [3.8, 4) is 0 Å². The number of carbonyl (C=O) groups excluding carboxylic acids is 1. The molecule has 0 aliphatic carbocycles. The Bertz CT molecular complexity index is 764. The van der Waals surface area contributed by atoms with E-state index in [1.807, 2.05) is 6.08 Å². The molecule has 0 radical (unpaired) electrons. The van der Waals surface area contributed by atoms with Crippen LogP contribution < -0.4 is 5.32 Å². The number of aliphatic hydroxyl groups excluding tert-OH is 3. The van der Waals surface area contributed by atoms with Gasteiger partial charge >= 0.3 is 0 Å². The summed E-state index contributed by atoms with van der Waals surface area (Å²) < 4.78 is 0. The fourth-order valence-electron chi connectivity index (χ4n) is 6.30. The zero-order chi connectivity index (χ0) is 35.9. The van der Waals surface area contributed by atoms with Crippen LogP contribution in [-0.2, 0) is 4.79 Å². The Morgan fingerprint density at radius 1 is 0.490 bits per heavy atom. The first-order chi connectivity index (χ1) is 24.1. The molecule has 5 heteroatoms. The van der Waals surface area contributed by atoms with E-state index in [0.29, 0.717) is 6.42 Å². The number of carbonyl (C=O) groups is 1. The van der Waals surface area contributed by atoms with Crippen molar-refractivity contribution in [2.24, 2.45) is 0 Å². The first-order valence-electron chi connectivity index (χ1n) is 21.3. The van der Waals surface area contributed by atoms with Crippen molar-refractivity contribution in [3.63, 3.8) is 0 Å². The van der Waals surface area contributed by atoms with E-state index in [0.717, 1.165) is 57.8 Å². The molecule has 3 unspecified atom stereocenters. The summed E-state index contributed by atoms with van der Waals surface area (Å²) in [4.78, 5) is 12.4. The molecule has 0 aromatic rings. The van der Waals surface area contributed by atoms with E-state index in [4.69, 9.17) is 0 Å². The minimum absolute atomic E-state index is 0.380. The molecule has 5 nitrogen and oxygen atoms in total. The molecule has 49 heavy (non-hydrogen) atoms. The van der Waals surface area contributed by atoms with Gasteiger partial charge in [0.1, 0.15) is 6.10 Å². The minimum atomic E-state index is -1.11. The molecular weight excluding hydrogens is 606 g/mol. The smallest absolute Gasteiger partial charge is 0.249 e. The van der Waals surface area contributed by atoms with Crippen LogP contribution in [0.4, 0.5) is 0 Å². The number of aliphatic hydroxyl groups is 3. The fourth-order valence-corrected chi connectivity index (χ4v) is 6.30. The molecule has 288 valence electrons. The standard InChI is InChI=1S/C44H83NO4/c1-3-5-7-9-11-13-15-16-17-18-19-20-21-22-23-24-25-26-27-28-29-31-32-34-36-38-42(47)41(40-46)45-44(49)43(48)39-37-35-33-30-14-12-10-8-6-4-2/h10,12,29,31,36,38,41-43,46-48H,3-9,11,13-28,30,32-35,37,39-40H2,1-2H3,(H,45,49)/b12-10-,31-29+,38-36+. The molecule has 3 atom stereocenters. The molecule has 0 spiro atoms. The number of nitrogens with one attached hydrogen (secondary N) is 1. The van der Waals surface area contributed by atoms with Gasteiger partial charge in [-0.05, 0) is 51.4 Å². The third-order valence-electron chi connectivity index (χ3n) is 9.70. The Balaban J connectivity index is 3.66. The van der Waals surface area contributed by atoms with Crippen LogP contribution in [0.3, 0.4) is 0 Å². The van der Waals surface area contributed by atoms with Crippen molar-refractivity contribution in [2.45, 2.75) is 231 Å². The summed E-state index contributed by atoms with van der Waals surface area (Å²) in [6, 6.07) is -0.817. The highest BCUT2D eigenvalue weighted by molar-refractivity contribution is 5.80. The van der Waals surface area contributed by atoms with Gasteiger partial charge < -0.3 is 20.6 Å². The van der Waals surface area contributed by atoms with Crippen LogP contribution in [0, 0.1) is 0 Å². The zero-order valence-corrected chi connectivity index (χ0v) is 32.6. The van der Waals surface area contributed by atoms with Gasteiger partial charge in [-0.3, -0.25) is 4.79 Å². The van der Waals surface area contributed by atoms with Crippen LogP contribution >= 0.6 is 0 Å². The lowest BCUT2D eigenvalue weighted by Gasteiger charge is -2.21. The molecule has 0 saturated carbocycles. The van der Waals surface area contributed by atoms with Crippen LogP contribution in [0.2, 0.25) is 0 Å². The van der Waals surface area contributed by atoms with Crippen LogP contribution in [0.15, 0.2) is 36.5 Å².